The maximum Gasteiger partial charge on any atom is 0.446 e. The zero-order valence-electron chi connectivity index (χ0n) is 3.77. The molecule has 54 valence electrons. The molecule has 0 saturated carbocycles. The van der Waals surface area contributed by atoms with Gasteiger partial charge in [-0.05, 0) is 15.9 Å². The van der Waals surface area contributed by atoms with E-state index in [1.54, 1.807) is 15.9 Å². The van der Waals surface area contributed by atoms with Crippen molar-refractivity contribution in [1.29, 1.82) is 0 Å². The molecule has 0 aromatic heterocycles. The van der Waals surface area contributed by atoms with Crippen LogP contribution in [0.2, 0.25) is 0 Å². The number of halogens is 6. The summed E-state index contributed by atoms with van der Waals surface area (Å²) < 4.78 is 53.6. The monoisotopic (exact) mass is 210 g/mol. The molecule has 0 aliphatic rings. The summed E-state index contributed by atoms with van der Waals surface area (Å²) in [6, 6.07) is 0. The second-order valence-corrected chi connectivity index (χ2v) is 1.77. The van der Waals surface area contributed by atoms with Crippen LogP contribution in [0, 0.1) is 0 Å². The molecule has 0 aromatic carbocycles. The van der Waals surface area contributed by atoms with Crippen molar-refractivity contribution >= 4 is 15.9 Å². The summed E-state index contributed by atoms with van der Waals surface area (Å²) >= 11 is 1.69. The fourth-order valence-corrected chi connectivity index (χ4v) is 0.332. The maximum absolute atomic E-state index is 11.4. The van der Waals surface area contributed by atoms with Gasteiger partial charge in [0.05, 0.1) is 0 Å². The lowest BCUT2D eigenvalue weighted by atomic mass is 10.6. The maximum atomic E-state index is 11.4. The Morgan fingerprint density at radius 2 is 1.44 bits per heavy atom. The van der Waals surface area contributed by atoms with E-state index in [0.717, 1.165) is 0 Å². The summed E-state index contributed by atoms with van der Waals surface area (Å²) in [4.78, 5) is 0. The van der Waals surface area contributed by atoms with Crippen molar-refractivity contribution in [3.8, 4) is 0 Å². The first-order valence-electron chi connectivity index (χ1n) is 1.63. The number of rotatable bonds is 0. The van der Waals surface area contributed by atoms with Crippen LogP contribution in [0.3, 0.4) is 0 Å². The van der Waals surface area contributed by atoms with Crippen LogP contribution in [0.5, 0.6) is 0 Å². The van der Waals surface area contributed by atoms with Crippen LogP contribution in [0.1, 0.15) is 0 Å². The van der Waals surface area contributed by atoms with Gasteiger partial charge in [-0.1, -0.05) is 0 Å². The first-order valence-corrected chi connectivity index (χ1v) is 2.43. The summed E-state index contributed by atoms with van der Waals surface area (Å²) in [5.74, 6) is -2.75. The topological polar surface area (TPSA) is 0 Å². The number of hydrogen-bond donors (Lipinski definition) is 0. The molecule has 0 atom stereocenters. The van der Waals surface area contributed by atoms with Crippen LogP contribution >= 0.6 is 15.9 Å². The minimum Gasteiger partial charge on any atom is -0.198 e. The predicted molar refractivity (Wildman–Crippen MR) is 24.2 cm³/mol. The van der Waals surface area contributed by atoms with Crippen LogP contribution in [-0.4, -0.2) is 6.18 Å². The first kappa shape index (κ1) is 8.87. The molecule has 0 bridgehead atoms. The van der Waals surface area contributed by atoms with Crippen molar-refractivity contribution in [3.63, 3.8) is 0 Å². The van der Waals surface area contributed by atoms with Crippen molar-refractivity contribution in [1.82, 2.24) is 0 Å². The highest BCUT2D eigenvalue weighted by Crippen LogP contribution is 2.31. The quantitative estimate of drug-likeness (QED) is 0.540. The third kappa shape index (κ3) is 2.78. The van der Waals surface area contributed by atoms with Crippen LogP contribution in [0.4, 0.5) is 22.0 Å². The van der Waals surface area contributed by atoms with Crippen molar-refractivity contribution in [2.24, 2.45) is 0 Å². The fourth-order valence-electron chi connectivity index (χ4n) is 0.107. The lowest BCUT2D eigenvalue weighted by Crippen LogP contribution is -2.07. The Bertz CT molecular complexity index is 130. The van der Waals surface area contributed by atoms with Crippen LogP contribution < -0.4 is 0 Å². The van der Waals surface area contributed by atoms with Crippen molar-refractivity contribution in [3.05, 3.63) is 10.6 Å². The van der Waals surface area contributed by atoms with Gasteiger partial charge < -0.3 is 0 Å². The zero-order valence-corrected chi connectivity index (χ0v) is 5.35. The third-order valence-corrected chi connectivity index (χ3v) is 0.763. The highest BCUT2D eigenvalue weighted by atomic mass is 79.9. The van der Waals surface area contributed by atoms with E-state index in [1.165, 1.54) is 0 Å². The highest BCUT2D eigenvalue weighted by Gasteiger charge is 2.37. The van der Waals surface area contributed by atoms with Gasteiger partial charge in [0.1, 0.15) is 0 Å². The van der Waals surface area contributed by atoms with Gasteiger partial charge in [-0.25, -0.2) is 0 Å². The summed E-state index contributed by atoms with van der Waals surface area (Å²) in [6.45, 7) is 0. The number of hydrogen-bond acceptors (Lipinski definition) is 0. The average Bonchev–Trinajstić information content (AvgIpc) is 1.62. The molecule has 0 saturated heterocycles. The summed E-state index contributed by atoms with van der Waals surface area (Å²) in [7, 11) is 0. The Morgan fingerprint density at radius 3 is 1.44 bits per heavy atom. The Hall–Kier alpha value is -0.130. The standard InChI is InChI=1S/C3BrF5/c4-2(6)1(5)3(7,8)9/b2-1-. The van der Waals surface area contributed by atoms with E-state index < -0.39 is 16.7 Å². The van der Waals surface area contributed by atoms with Gasteiger partial charge in [-0.3, -0.25) is 0 Å². The van der Waals surface area contributed by atoms with E-state index >= 15 is 0 Å². The SMILES string of the molecule is F/C(Br)=C(\F)C(F)(F)F. The molecular formula is C3BrF5. The smallest absolute Gasteiger partial charge is 0.198 e. The van der Waals surface area contributed by atoms with Crippen molar-refractivity contribution in [2.45, 2.75) is 6.18 Å². The van der Waals surface area contributed by atoms with Crippen molar-refractivity contribution in [2.75, 3.05) is 0 Å². The van der Waals surface area contributed by atoms with E-state index in [4.69, 9.17) is 0 Å². The molecule has 0 aliphatic heterocycles. The molecular weight excluding hydrogens is 211 g/mol. The minimum atomic E-state index is -5.23. The molecule has 6 heteroatoms. The summed E-state index contributed by atoms with van der Waals surface area (Å²) in [5, 5.41) is 0. The molecule has 0 N–H and O–H groups in total. The molecule has 9 heavy (non-hydrogen) atoms. The van der Waals surface area contributed by atoms with E-state index in [1.807, 2.05) is 0 Å². The molecule has 0 aliphatic carbocycles. The van der Waals surface area contributed by atoms with Gasteiger partial charge in [-0.2, -0.15) is 22.0 Å². The average molecular weight is 211 g/mol. The van der Waals surface area contributed by atoms with Crippen LogP contribution in [0.25, 0.3) is 0 Å². The third-order valence-electron chi connectivity index (χ3n) is 0.415. The lowest BCUT2D eigenvalue weighted by Gasteiger charge is -1.99. The van der Waals surface area contributed by atoms with E-state index in [2.05, 4.69) is 0 Å². The van der Waals surface area contributed by atoms with E-state index in [-0.39, 0.29) is 0 Å². The predicted octanol–water partition coefficient (Wildman–Crippen LogP) is 3.05. The van der Waals surface area contributed by atoms with Crippen LogP contribution in [0.15, 0.2) is 10.6 Å². The van der Waals surface area contributed by atoms with E-state index in [0.29, 0.717) is 0 Å². The largest absolute Gasteiger partial charge is 0.446 e. The van der Waals surface area contributed by atoms with Gasteiger partial charge in [0, 0.05) is 0 Å². The van der Waals surface area contributed by atoms with Gasteiger partial charge in [0.2, 0.25) is 10.6 Å². The Labute approximate surface area is 55.5 Å². The number of alkyl halides is 3. The summed E-state index contributed by atoms with van der Waals surface area (Å²) in [6.07, 6.45) is -5.23. The first-order chi connectivity index (χ1) is 3.85. The second kappa shape index (κ2) is 2.64. The Balaban J connectivity index is 4.40. The minimum absolute atomic E-state index is 1.69. The fraction of sp³-hybridized carbons (Fsp3) is 0.333. The van der Waals surface area contributed by atoms with Gasteiger partial charge >= 0.3 is 6.18 Å². The second-order valence-electron chi connectivity index (χ2n) is 1.07. The molecule has 0 aromatic rings. The summed E-state index contributed by atoms with van der Waals surface area (Å²) in [5.41, 5.74) is 0. The van der Waals surface area contributed by atoms with Crippen LogP contribution in [-0.2, 0) is 0 Å². The molecule has 0 fully saturated rings. The van der Waals surface area contributed by atoms with Gasteiger partial charge in [0.25, 0.3) is 0 Å². The van der Waals surface area contributed by atoms with Crippen molar-refractivity contribution < 1.29 is 22.0 Å². The van der Waals surface area contributed by atoms with E-state index in [9.17, 15) is 22.0 Å². The lowest BCUT2D eigenvalue weighted by molar-refractivity contribution is -0.110. The molecule has 0 radical (unpaired) electrons. The normalized spacial score (nSPS) is 15.3. The highest BCUT2D eigenvalue weighted by molar-refractivity contribution is 9.11. The van der Waals surface area contributed by atoms with Gasteiger partial charge in [-0.15, -0.1) is 0 Å². The Kier molecular flexibility index (Phi) is 2.60. The molecule has 0 amide bonds. The number of allylic oxidation sites excluding steroid dienone is 1. The zero-order chi connectivity index (χ0) is 7.65. The molecule has 0 spiro atoms. The molecule has 0 heterocycles. The molecule has 0 rings (SSSR count). The molecule has 0 nitrogen and oxygen atoms in total. The van der Waals surface area contributed by atoms with Gasteiger partial charge in [0.15, 0.2) is 0 Å². The Morgan fingerprint density at radius 1 is 1.11 bits per heavy atom. The molecule has 0 unspecified atom stereocenters.